The first-order valence-electron chi connectivity index (χ1n) is 16.4. The smallest absolute Gasteiger partial charge is 0.412 e. The van der Waals surface area contributed by atoms with Crippen molar-refractivity contribution in [1.29, 1.82) is 0 Å². The number of ether oxygens (including phenoxy) is 7. The van der Waals surface area contributed by atoms with Gasteiger partial charge in [0, 0.05) is 22.3 Å². The molecule has 1 fully saturated rings. The second kappa shape index (κ2) is 15.0. The maximum atomic E-state index is 14.6. The third-order valence-corrected chi connectivity index (χ3v) is 8.52. The summed E-state index contributed by atoms with van der Waals surface area (Å²) in [5.74, 6) is 1.47. The van der Waals surface area contributed by atoms with Gasteiger partial charge in [-0.3, -0.25) is 14.7 Å². The number of anilines is 1. The molecule has 5 rings (SSSR count). The maximum Gasteiger partial charge on any atom is 0.412 e. The molecule has 0 spiro atoms. The fourth-order valence-electron chi connectivity index (χ4n) is 6.23. The zero-order valence-electron chi connectivity index (χ0n) is 29.8. The molecule has 1 aromatic heterocycles. The number of benzene rings is 3. The average molecular weight is 689 g/mol. The van der Waals surface area contributed by atoms with Gasteiger partial charge in [0.25, 0.3) is 5.56 Å². The lowest BCUT2D eigenvalue weighted by Gasteiger charge is -2.22. The lowest BCUT2D eigenvalue weighted by atomic mass is 9.95. The van der Waals surface area contributed by atoms with Gasteiger partial charge in [-0.05, 0) is 93.6 Å². The normalized spacial score (nSPS) is 13.1. The number of fused-ring (bicyclic) bond motifs is 1. The summed E-state index contributed by atoms with van der Waals surface area (Å²) < 4.78 is 40.9. The van der Waals surface area contributed by atoms with Crippen LogP contribution < -0.4 is 34.6 Å². The fraction of sp³-hybridized carbons (Fsp3) is 0.395. The summed E-state index contributed by atoms with van der Waals surface area (Å²) in [4.78, 5) is 40.9. The third-order valence-electron chi connectivity index (χ3n) is 8.52. The molecule has 12 nitrogen and oxygen atoms in total. The molecular weight excluding hydrogens is 644 g/mol. The molecule has 0 saturated heterocycles. The van der Waals surface area contributed by atoms with Gasteiger partial charge in [0.1, 0.15) is 11.3 Å². The predicted molar refractivity (Wildman–Crippen MR) is 190 cm³/mol. The molecule has 0 unspecified atom stereocenters. The van der Waals surface area contributed by atoms with Gasteiger partial charge in [-0.2, -0.15) is 0 Å². The Morgan fingerprint density at radius 2 is 1.40 bits per heavy atom. The molecule has 4 aromatic rings. The van der Waals surface area contributed by atoms with Crippen LogP contribution in [0.3, 0.4) is 0 Å². The Labute approximate surface area is 291 Å². The first-order valence-corrected chi connectivity index (χ1v) is 16.4. The predicted octanol–water partition coefficient (Wildman–Crippen LogP) is 7.39. The molecule has 1 aliphatic carbocycles. The van der Waals surface area contributed by atoms with Gasteiger partial charge in [-0.25, -0.2) is 9.59 Å². The summed E-state index contributed by atoms with van der Waals surface area (Å²) in [6, 6.07) is 13.2. The molecule has 50 heavy (non-hydrogen) atoms. The van der Waals surface area contributed by atoms with Crippen LogP contribution in [-0.4, -0.2) is 64.4 Å². The number of hydrogen-bond acceptors (Lipinski definition) is 10. The molecule has 0 bridgehead atoms. The summed E-state index contributed by atoms with van der Waals surface area (Å²) in [5, 5.41) is 3.37. The number of pyridine rings is 1. The van der Waals surface area contributed by atoms with Crippen LogP contribution in [0.1, 0.15) is 56.9 Å². The largest absolute Gasteiger partial charge is 0.493 e. The summed E-state index contributed by atoms with van der Waals surface area (Å²) in [5.41, 5.74) is 0.333. The fourth-order valence-corrected chi connectivity index (χ4v) is 6.23. The number of carbonyl (C=O) groups is 2. The Balaban J connectivity index is 1.80. The molecule has 0 atom stereocenters. The summed E-state index contributed by atoms with van der Waals surface area (Å²) in [6.07, 6.45) is 3.85. The standard InChI is InChI=1S/C38H44N2O10/c1-38(2,3)50-37(43)39-24-13-15-25(16-14-24)40-33(36(42)48-8)32(23-17-30(45-5)34(47-7)31(18-23)46-6)26-19-28(44-4)29(20-27(26)35(40)41)49-21-22-11-9-10-12-22/h13-20,22H,9-12,21H2,1-8H3,(H,39,43). The minimum atomic E-state index is -0.774. The molecule has 1 saturated carbocycles. The van der Waals surface area contributed by atoms with Gasteiger partial charge in [-0.15, -0.1) is 0 Å². The van der Waals surface area contributed by atoms with E-state index in [1.54, 1.807) is 69.3 Å². The third kappa shape index (κ3) is 7.44. The molecule has 1 amide bonds. The monoisotopic (exact) mass is 688 g/mol. The number of nitrogens with one attached hydrogen (secondary N) is 1. The number of aromatic nitrogens is 1. The topological polar surface area (TPSA) is 133 Å². The number of hydrogen-bond donors (Lipinski definition) is 1. The van der Waals surface area contributed by atoms with Crippen LogP contribution in [0, 0.1) is 5.92 Å². The number of nitrogens with zero attached hydrogens (tertiary/aromatic N) is 1. The van der Waals surface area contributed by atoms with Crippen LogP contribution in [0.2, 0.25) is 0 Å². The first kappa shape index (κ1) is 35.9. The zero-order chi connectivity index (χ0) is 36.2. The molecule has 12 heteroatoms. The van der Waals surface area contributed by atoms with E-state index in [0.717, 1.165) is 25.7 Å². The van der Waals surface area contributed by atoms with Gasteiger partial charge in [0.2, 0.25) is 5.75 Å². The number of amides is 1. The summed E-state index contributed by atoms with van der Waals surface area (Å²) in [6.45, 7) is 5.79. The molecule has 1 N–H and O–H groups in total. The van der Waals surface area contributed by atoms with E-state index in [9.17, 15) is 14.4 Å². The van der Waals surface area contributed by atoms with Crippen molar-refractivity contribution in [3.8, 4) is 45.6 Å². The number of carbonyl (C=O) groups excluding carboxylic acids is 2. The highest BCUT2D eigenvalue weighted by atomic mass is 16.6. The SMILES string of the molecule is COC(=O)c1c(-c2cc(OC)c(OC)c(OC)c2)c2cc(OC)c(OCC3CCCC3)cc2c(=O)n1-c1ccc(NC(=O)OC(C)(C)C)cc1. The van der Waals surface area contributed by atoms with Crippen LogP contribution in [0.4, 0.5) is 10.5 Å². The molecule has 266 valence electrons. The molecule has 0 radical (unpaired) electrons. The van der Waals surface area contributed by atoms with Gasteiger partial charge < -0.3 is 33.2 Å². The maximum absolute atomic E-state index is 14.6. The minimum absolute atomic E-state index is 0.0613. The van der Waals surface area contributed by atoms with E-state index in [-0.39, 0.29) is 11.1 Å². The quantitative estimate of drug-likeness (QED) is 0.159. The van der Waals surface area contributed by atoms with Crippen LogP contribution in [0.5, 0.6) is 28.7 Å². The Kier molecular flexibility index (Phi) is 10.8. The van der Waals surface area contributed by atoms with Gasteiger partial charge >= 0.3 is 12.1 Å². The van der Waals surface area contributed by atoms with E-state index >= 15 is 0 Å². The van der Waals surface area contributed by atoms with E-state index in [4.69, 9.17) is 33.2 Å². The van der Waals surface area contributed by atoms with Crippen LogP contribution in [-0.2, 0) is 9.47 Å². The Bertz CT molecular complexity index is 1910. The second-order valence-corrected chi connectivity index (χ2v) is 13.0. The summed E-state index contributed by atoms with van der Waals surface area (Å²) >= 11 is 0. The summed E-state index contributed by atoms with van der Waals surface area (Å²) in [7, 11) is 7.25. The number of esters is 1. The van der Waals surface area contributed by atoms with E-state index in [2.05, 4.69) is 5.32 Å². The van der Waals surface area contributed by atoms with Gasteiger partial charge in [0.05, 0.1) is 47.5 Å². The van der Waals surface area contributed by atoms with Gasteiger partial charge in [-0.1, -0.05) is 12.8 Å². The molecule has 1 heterocycles. The van der Waals surface area contributed by atoms with Crippen molar-refractivity contribution < 1.29 is 42.7 Å². The molecular formula is C38H44N2O10. The molecule has 3 aromatic carbocycles. The van der Waals surface area contributed by atoms with Crippen molar-refractivity contribution in [1.82, 2.24) is 4.57 Å². The Morgan fingerprint density at radius 1 is 0.800 bits per heavy atom. The van der Waals surface area contributed by atoms with Crippen LogP contribution in [0.25, 0.3) is 27.6 Å². The highest BCUT2D eigenvalue weighted by Gasteiger charge is 2.29. The van der Waals surface area contributed by atoms with Crippen molar-refractivity contribution >= 4 is 28.5 Å². The van der Waals surface area contributed by atoms with Crippen LogP contribution in [0.15, 0.2) is 53.3 Å². The lowest BCUT2D eigenvalue weighted by Crippen LogP contribution is -2.28. The van der Waals surface area contributed by atoms with Crippen molar-refractivity contribution in [3.05, 3.63) is 64.6 Å². The average Bonchev–Trinajstić information content (AvgIpc) is 3.62. The van der Waals surface area contributed by atoms with Crippen molar-refractivity contribution in [3.63, 3.8) is 0 Å². The Morgan fingerprint density at radius 3 is 1.94 bits per heavy atom. The minimum Gasteiger partial charge on any atom is -0.493 e. The van der Waals surface area contributed by atoms with Crippen molar-refractivity contribution in [2.45, 2.75) is 52.1 Å². The highest BCUT2D eigenvalue weighted by molar-refractivity contribution is 6.08. The molecule has 0 aliphatic heterocycles. The van der Waals surface area contributed by atoms with E-state index in [1.165, 1.54) is 40.1 Å². The highest BCUT2D eigenvalue weighted by Crippen LogP contribution is 2.45. The van der Waals surface area contributed by atoms with Crippen molar-refractivity contribution in [2.24, 2.45) is 5.92 Å². The lowest BCUT2D eigenvalue weighted by molar-refractivity contribution is 0.0589. The van der Waals surface area contributed by atoms with Crippen molar-refractivity contribution in [2.75, 3.05) is 47.5 Å². The Hall–Kier alpha value is -5.39. The van der Waals surface area contributed by atoms with Crippen LogP contribution >= 0.6 is 0 Å². The molecule has 1 aliphatic rings. The number of methoxy groups -OCH3 is 5. The second-order valence-electron chi connectivity index (χ2n) is 13.0. The van der Waals surface area contributed by atoms with E-state index in [1.807, 2.05) is 0 Å². The number of rotatable bonds is 11. The van der Waals surface area contributed by atoms with Gasteiger partial charge in [0.15, 0.2) is 23.0 Å². The van der Waals surface area contributed by atoms with E-state index in [0.29, 0.717) is 69.2 Å². The van der Waals surface area contributed by atoms with E-state index < -0.39 is 23.2 Å². The zero-order valence-corrected chi connectivity index (χ0v) is 29.8. The first-order chi connectivity index (χ1) is 23.9.